The van der Waals surface area contributed by atoms with E-state index < -0.39 is 0 Å². The fraction of sp³-hybridized carbons (Fsp3) is 0.429. The molecule has 0 spiro atoms. The molecule has 1 N–H and O–H groups in total. The Morgan fingerprint density at radius 3 is 2.48 bits per heavy atom. The van der Waals surface area contributed by atoms with E-state index in [4.69, 9.17) is 16.3 Å². The van der Waals surface area contributed by atoms with Gasteiger partial charge in [-0.2, -0.15) is 0 Å². The van der Waals surface area contributed by atoms with Crippen molar-refractivity contribution in [1.29, 1.82) is 0 Å². The summed E-state index contributed by atoms with van der Waals surface area (Å²) < 4.78 is 4.92. The van der Waals surface area contributed by atoms with Crippen molar-refractivity contribution < 1.29 is 19.4 Å². The van der Waals surface area contributed by atoms with Gasteiger partial charge in [-0.25, -0.2) is 4.79 Å². The van der Waals surface area contributed by atoms with Gasteiger partial charge in [0.05, 0.1) is 12.2 Å². The van der Waals surface area contributed by atoms with Crippen LogP contribution in [0.25, 0.3) is 0 Å². The van der Waals surface area contributed by atoms with E-state index in [1.165, 1.54) is 18.2 Å². The summed E-state index contributed by atoms with van der Waals surface area (Å²) in [5.74, 6) is -0.393. The van der Waals surface area contributed by atoms with Crippen LogP contribution in [-0.2, 0) is 4.74 Å². The van der Waals surface area contributed by atoms with Gasteiger partial charge in [-0.05, 0) is 25.1 Å². The number of nitrogens with zero attached hydrogens (tertiary/aromatic N) is 2. The van der Waals surface area contributed by atoms with Crippen LogP contribution in [0, 0.1) is 0 Å². The molecule has 0 saturated carbocycles. The van der Waals surface area contributed by atoms with Crippen LogP contribution in [0.4, 0.5) is 4.79 Å². The Morgan fingerprint density at radius 2 is 1.86 bits per heavy atom. The van der Waals surface area contributed by atoms with Crippen LogP contribution < -0.4 is 0 Å². The van der Waals surface area contributed by atoms with Crippen molar-refractivity contribution in [3.05, 3.63) is 28.8 Å². The van der Waals surface area contributed by atoms with Crippen LogP contribution in [0.15, 0.2) is 18.2 Å². The minimum atomic E-state index is -0.366. The molecular formula is C14H17ClN2O4. The van der Waals surface area contributed by atoms with Crippen molar-refractivity contribution in [2.45, 2.75) is 6.92 Å². The molecular weight excluding hydrogens is 296 g/mol. The number of carbonyl (C=O) groups excluding carboxylic acids is 2. The number of aromatic hydroxyl groups is 1. The second kappa shape index (κ2) is 6.67. The monoisotopic (exact) mass is 312 g/mol. The van der Waals surface area contributed by atoms with Gasteiger partial charge in [0.2, 0.25) is 0 Å². The smallest absolute Gasteiger partial charge is 0.409 e. The topological polar surface area (TPSA) is 70.1 Å². The molecule has 1 aliphatic rings. The lowest BCUT2D eigenvalue weighted by molar-refractivity contribution is 0.0568. The van der Waals surface area contributed by atoms with Crippen LogP contribution >= 0.6 is 11.6 Å². The van der Waals surface area contributed by atoms with Crippen LogP contribution in [0.5, 0.6) is 5.75 Å². The maximum Gasteiger partial charge on any atom is 0.409 e. The summed E-state index contributed by atoms with van der Waals surface area (Å²) >= 11 is 5.85. The summed E-state index contributed by atoms with van der Waals surface area (Å²) in [7, 11) is 0. The number of phenols is 1. The number of phenolic OH excluding ortho intramolecular Hbond substituents is 1. The fourth-order valence-electron chi connectivity index (χ4n) is 2.16. The second-order valence-electron chi connectivity index (χ2n) is 4.64. The van der Waals surface area contributed by atoms with Gasteiger partial charge in [0.15, 0.2) is 0 Å². The summed E-state index contributed by atoms with van der Waals surface area (Å²) in [5, 5.41) is 10.1. The van der Waals surface area contributed by atoms with E-state index in [2.05, 4.69) is 0 Å². The molecule has 0 atom stereocenters. The molecule has 1 aliphatic heterocycles. The van der Waals surface area contributed by atoms with Gasteiger partial charge < -0.3 is 19.6 Å². The summed E-state index contributed by atoms with van der Waals surface area (Å²) in [6.45, 7) is 3.68. The molecule has 6 nitrogen and oxygen atoms in total. The fourth-order valence-corrected chi connectivity index (χ4v) is 2.33. The SMILES string of the molecule is CCOC(=O)N1CCN(C(=O)c2cc(Cl)ccc2O)CC1. The van der Waals surface area contributed by atoms with Crippen LogP contribution in [-0.4, -0.2) is 59.7 Å². The first kappa shape index (κ1) is 15.4. The zero-order chi connectivity index (χ0) is 15.4. The molecule has 0 radical (unpaired) electrons. The number of ether oxygens (including phenoxy) is 1. The number of hydrogen-bond acceptors (Lipinski definition) is 4. The zero-order valence-corrected chi connectivity index (χ0v) is 12.5. The van der Waals surface area contributed by atoms with Crippen molar-refractivity contribution in [3.63, 3.8) is 0 Å². The number of amides is 2. The average Bonchev–Trinajstić information content (AvgIpc) is 2.49. The summed E-state index contributed by atoms with van der Waals surface area (Å²) in [6, 6.07) is 4.35. The number of rotatable bonds is 2. The molecule has 21 heavy (non-hydrogen) atoms. The van der Waals surface area contributed by atoms with E-state index in [0.717, 1.165) is 0 Å². The lowest BCUT2D eigenvalue weighted by atomic mass is 10.1. The van der Waals surface area contributed by atoms with Gasteiger partial charge in [-0.1, -0.05) is 11.6 Å². The first-order valence-corrected chi connectivity index (χ1v) is 7.10. The third kappa shape index (κ3) is 3.58. The first-order chi connectivity index (χ1) is 10.0. The van der Waals surface area contributed by atoms with Crippen LogP contribution in [0.3, 0.4) is 0 Å². The molecule has 1 saturated heterocycles. The van der Waals surface area contributed by atoms with Crippen LogP contribution in [0.1, 0.15) is 17.3 Å². The minimum absolute atomic E-state index is 0.0998. The molecule has 114 valence electrons. The van der Waals surface area contributed by atoms with Gasteiger partial charge in [0, 0.05) is 31.2 Å². The highest BCUT2D eigenvalue weighted by Crippen LogP contribution is 2.23. The maximum absolute atomic E-state index is 12.3. The van der Waals surface area contributed by atoms with Gasteiger partial charge >= 0.3 is 6.09 Å². The van der Waals surface area contributed by atoms with Crippen molar-refractivity contribution in [2.24, 2.45) is 0 Å². The highest BCUT2D eigenvalue weighted by Gasteiger charge is 2.26. The summed E-state index contributed by atoms with van der Waals surface area (Å²) in [6.07, 6.45) is -0.366. The van der Waals surface area contributed by atoms with Crippen molar-refractivity contribution in [3.8, 4) is 5.75 Å². The Hall–Kier alpha value is -1.95. The Labute approximate surface area is 127 Å². The van der Waals surface area contributed by atoms with E-state index in [-0.39, 0.29) is 23.3 Å². The number of benzene rings is 1. The molecule has 7 heteroatoms. The Bertz CT molecular complexity index is 542. The molecule has 0 unspecified atom stereocenters. The molecule has 1 aromatic carbocycles. The van der Waals surface area contributed by atoms with E-state index in [0.29, 0.717) is 37.8 Å². The first-order valence-electron chi connectivity index (χ1n) is 6.72. The van der Waals surface area contributed by atoms with Gasteiger partial charge in [0.1, 0.15) is 5.75 Å². The van der Waals surface area contributed by atoms with Gasteiger partial charge in [-0.3, -0.25) is 4.79 Å². The maximum atomic E-state index is 12.3. The van der Waals surface area contributed by atoms with E-state index >= 15 is 0 Å². The molecule has 0 aliphatic carbocycles. The quantitative estimate of drug-likeness (QED) is 0.906. The standard InChI is InChI=1S/C14H17ClN2O4/c1-2-21-14(20)17-7-5-16(6-8-17)13(19)11-9-10(15)3-4-12(11)18/h3-4,9,18H,2,5-8H2,1H3. The molecule has 0 bridgehead atoms. The normalized spacial score (nSPS) is 15.0. The Balaban J connectivity index is 2.00. The number of carbonyl (C=O) groups is 2. The van der Waals surface area contributed by atoms with Gasteiger partial charge in [-0.15, -0.1) is 0 Å². The predicted octanol–water partition coefficient (Wildman–Crippen LogP) is 1.96. The third-order valence-electron chi connectivity index (χ3n) is 3.28. The second-order valence-corrected chi connectivity index (χ2v) is 5.08. The molecule has 1 fully saturated rings. The largest absolute Gasteiger partial charge is 0.507 e. The van der Waals surface area contributed by atoms with Gasteiger partial charge in [0.25, 0.3) is 5.91 Å². The van der Waals surface area contributed by atoms with E-state index in [1.54, 1.807) is 16.7 Å². The van der Waals surface area contributed by atoms with E-state index in [1.807, 2.05) is 0 Å². The summed E-state index contributed by atoms with van der Waals surface area (Å²) in [5.41, 5.74) is 0.173. The third-order valence-corrected chi connectivity index (χ3v) is 3.52. The highest BCUT2D eigenvalue weighted by atomic mass is 35.5. The lowest BCUT2D eigenvalue weighted by Crippen LogP contribution is -2.50. The molecule has 1 aromatic rings. The Morgan fingerprint density at radius 1 is 1.24 bits per heavy atom. The van der Waals surface area contributed by atoms with Crippen molar-refractivity contribution in [2.75, 3.05) is 32.8 Å². The Kier molecular flexibility index (Phi) is 4.90. The van der Waals surface area contributed by atoms with E-state index in [9.17, 15) is 14.7 Å². The predicted molar refractivity (Wildman–Crippen MR) is 77.6 cm³/mol. The molecule has 2 amide bonds. The lowest BCUT2D eigenvalue weighted by Gasteiger charge is -2.34. The minimum Gasteiger partial charge on any atom is -0.507 e. The number of piperazine rings is 1. The summed E-state index contributed by atoms with van der Waals surface area (Å²) in [4.78, 5) is 27.1. The highest BCUT2D eigenvalue weighted by molar-refractivity contribution is 6.31. The zero-order valence-electron chi connectivity index (χ0n) is 11.7. The van der Waals surface area contributed by atoms with Crippen LogP contribution in [0.2, 0.25) is 5.02 Å². The number of halogens is 1. The average molecular weight is 313 g/mol. The number of hydrogen-bond donors (Lipinski definition) is 1. The molecule has 0 aromatic heterocycles. The molecule has 2 rings (SSSR count). The van der Waals surface area contributed by atoms with Crippen molar-refractivity contribution >= 4 is 23.6 Å². The van der Waals surface area contributed by atoms with Crippen molar-refractivity contribution in [1.82, 2.24) is 9.80 Å². The molecule has 1 heterocycles.